The third-order valence-corrected chi connectivity index (χ3v) is 3.83. The Kier molecular flexibility index (Phi) is 2.99. The first-order valence-corrected chi connectivity index (χ1v) is 6.84. The highest BCUT2D eigenvalue weighted by atomic mass is 32.1. The number of fused-ring (bicyclic) bond motifs is 1. The maximum Gasteiger partial charge on any atom is 0.115 e. The molecule has 0 radical (unpaired) electrons. The van der Waals surface area contributed by atoms with Crippen LogP contribution in [-0.4, -0.2) is 9.55 Å². The molecular formula is C15H14N2S. The Hall–Kier alpha value is -1.87. The van der Waals surface area contributed by atoms with Crippen LogP contribution in [0, 0.1) is 0 Å². The van der Waals surface area contributed by atoms with Gasteiger partial charge in [-0.05, 0) is 23.6 Å². The number of thiophene rings is 1. The minimum atomic E-state index is 0.807. The van der Waals surface area contributed by atoms with E-state index in [0.29, 0.717) is 0 Å². The largest absolute Gasteiger partial charge is 0.324 e. The summed E-state index contributed by atoms with van der Waals surface area (Å²) in [4.78, 5) is 6.07. The molecule has 18 heavy (non-hydrogen) atoms. The standard InChI is InChI=1S/C15H14N2S/c1-2-9-17-14-8-4-3-7-13(14)16-15(17)11-12-6-5-10-18-12/h2-8,10H,1,9,11H2. The van der Waals surface area contributed by atoms with Crippen molar-refractivity contribution in [3.63, 3.8) is 0 Å². The van der Waals surface area contributed by atoms with Crippen molar-refractivity contribution in [1.29, 1.82) is 0 Å². The zero-order chi connectivity index (χ0) is 12.4. The number of hydrogen-bond donors (Lipinski definition) is 0. The maximum absolute atomic E-state index is 4.73. The first-order valence-electron chi connectivity index (χ1n) is 5.96. The highest BCUT2D eigenvalue weighted by molar-refractivity contribution is 7.09. The quantitative estimate of drug-likeness (QED) is 0.646. The minimum Gasteiger partial charge on any atom is -0.324 e. The third kappa shape index (κ3) is 1.97. The molecule has 0 N–H and O–H groups in total. The first kappa shape index (κ1) is 11.2. The zero-order valence-electron chi connectivity index (χ0n) is 10.0. The van der Waals surface area contributed by atoms with Crippen LogP contribution < -0.4 is 0 Å². The van der Waals surface area contributed by atoms with Crippen LogP contribution in [0.15, 0.2) is 54.4 Å². The second kappa shape index (κ2) is 4.78. The van der Waals surface area contributed by atoms with Gasteiger partial charge in [0, 0.05) is 17.8 Å². The first-order chi connectivity index (χ1) is 8.88. The fourth-order valence-corrected chi connectivity index (χ4v) is 2.86. The Labute approximate surface area is 110 Å². The molecule has 2 heterocycles. The van der Waals surface area contributed by atoms with Crippen LogP contribution in [0.3, 0.4) is 0 Å². The van der Waals surface area contributed by atoms with E-state index in [1.165, 1.54) is 10.4 Å². The molecule has 90 valence electrons. The average Bonchev–Trinajstić information content (AvgIpc) is 3.00. The van der Waals surface area contributed by atoms with E-state index in [1.54, 1.807) is 11.3 Å². The van der Waals surface area contributed by atoms with Gasteiger partial charge in [-0.25, -0.2) is 4.98 Å². The van der Waals surface area contributed by atoms with E-state index in [0.717, 1.165) is 24.3 Å². The van der Waals surface area contributed by atoms with Gasteiger partial charge in [0.15, 0.2) is 0 Å². The van der Waals surface area contributed by atoms with Gasteiger partial charge in [-0.15, -0.1) is 17.9 Å². The van der Waals surface area contributed by atoms with Crippen molar-refractivity contribution >= 4 is 22.4 Å². The number of aromatic nitrogens is 2. The van der Waals surface area contributed by atoms with E-state index in [2.05, 4.69) is 46.9 Å². The van der Waals surface area contributed by atoms with Crippen molar-refractivity contribution in [2.75, 3.05) is 0 Å². The molecule has 0 aliphatic rings. The van der Waals surface area contributed by atoms with E-state index in [1.807, 2.05) is 12.1 Å². The van der Waals surface area contributed by atoms with Crippen LogP contribution >= 0.6 is 11.3 Å². The van der Waals surface area contributed by atoms with Crippen molar-refractivity contribution in [1.82, 2.24) is 9.55 Å². The predicted molar refractivity (Wildman–Crippen MR) is 77.1 cm³/mol. The minimum absolute atomic E-state index is 0.807. The van der Waals surface area contributed by atoms with Gasteiger partial charge in [-0.2, -0.15) is 0 Å². The Morgan fingerprint density at radius 3 is 2.89 bits per heavy atom. The lowest BCUT2D eigenvalue weighted by Crippen LogP contribution is -2.02. The number of imidazole rings is 1. The van der Waals surface area contributed by atoms with E-state index < -0.39 is 0 Å². The van der Waals surface area contributed by atoms with Crippen molar-refractivity contribution in [3.8, 4) is 0 Å². The Balaban J connectivity index is 2.09. The van der Waals surface area contributed by atoms with Crippen LogP contribution in [-0.2, 0) is 13.0 Å². The molecule has 0 aliphatic heterocycles. The summed E-state index contributed by atoms with van der Waals surface area (Å²) >= 11 is 1.78. The molecule has 3 rings (SSSR count). The highest BCUT2D eigenvalue weighted by Gasteiger charge is 2.10. The van der Waals surface area contributed by atoms with Crippen LogP contribution in [0.25, 0.3) is 11.0 Å². The van der Waals surface area contributed by atoms with Crippen LogP contribution in [0.5, 0.6) is 0 Å². The molecule has 0 aliphatic carbocycles. The predicted octanol–water partition coefficient (Wildman–Crippen LogP) is 3.87. The third-order valence-electron chi connectivity index (χ3n) is 2.96. The molecule has 0 saturated heterocycles. The van der Waals surface area contributed by atoms with Gasteiger partial charge in [0.1, 0.15) is 5.82 Å². The average molecular weight is 254 g/mol. The molecule has 0 fully saturated rings. The van der Waals surface area contributed by atoms with Gasteiger partial charge < -0.3 is 4.57 Å². The molecule has 0 saturated carbocycles. The number of hydrogen-bond acceptors (Lipinski definition) is 2. The molecule has 0 unspecified atom stereocenters. The Morgan fingerprint density at radius 1 is 1.22 bits per heavy atom. The van der Waals surface area contributed by atoms with Crippen molar-refractivity contribution < 1.29 is 0 Å². The molecule has 2 aromatic heterocycles. The molecule has 0 atom stereocenters. The number of allylic oxidation sites excluding steroid dienone is 1. The van der Waals surface area contributed by atoms with Gasteiger partial charge in [0.2, 0.25) is 0 Å². The fourth-order valence-electron chi connectivity index (χ4n) is 2.16. The molecule has 3 heteroatoms. The smallest absolute Gasteiger partial charge is 0.115 e. The van der Waals surface area contributed by atoms with E-state index in [4.69, 9.17) is 4.98 Å². The molecule has 3 aromatic rings. The van der Waals surface area contributed by atoms with Crippen molar-refractivity contribution in [2.24, 2.45) is 0 Å². The summed E-state index contributed by atoms with van der Waals surface area (Å²) in [6.07, 6.45) is 2.81. The molecular weight excluding hydrogens is 240 g/mol. The Bertz CT molecular complexity index is 665. The topological polar surface area (TPSA) is 17.8 Å². The second-order valence-electron chi connectivity index (χ2n) is 4.17. The van der Waals surface area contributed by atoms with Crippen molar-refractivity contribution in [3.05, 3.63) is 65.1 Å². The summed E-state index contributed by atoms with van der Waals surface area (Å²) < 4.78 is 2.24. The summed E-state index contributed by atoms with van der Waals surface area (Å²) in [5.74, 6) is 1.11. The Morgan fingerprint density at radius 2 is 2.11 bits per heavy atom. The lowest BCUT2D eigenvalue weighted by molar-refractivity contribution is 0.784. The summed E-state index contributed by atoms with van der Waals surface area (Å²) in [6.45, 7) is 4.64. The van der Waals surface area contributed by atoms with Crippen molar-refractivity contribution in [2.45, 2.75) is 13.0 Å². The summed E-state index contributed by atoms with van der Waals surface area (Å²) in [7, 11) is 0. The van der Waals surface area contributed by atoms with E-state index in [-0.39, 0.29) is 0 Å². The highest BCUT2D eigenvalue weighted by Crippen LogP contribution is 2.20. The van der Waals surface area contributed by atoms with Gasteiger partial charge in [-0.1, -0.05) is 24.3 Å². The number of para-hydroxylation sites is 2. The number of benzene rings is 1. The lowest BCUT2D eigenvalue weighted by Gasteiger charge is -2.05. The van der Waals surface area contributed by atoms with Crippen LogP contribution in [0.1, 0.15) is 10.7 Å². The monoisotopic (exact) mass is 254 g/mol. The van der Waals surface area contributed by atoms with Gasteiger partial charge in [0.25, 0.3) is 0 Å². The summed E-state index contributed by atoms with van der Waals surface area (Å²) in [5, 5.41) is 2.11. The molecule has 2 nitrogen and oxygen atoms in total. The second-order valence-corrected chi connectivity index (χ2v) is 5.20. The summed E-state index contributed by atoms with van der Waals surface area (Å²) in [5.41, 5.74) is 2.25. The summed E-state index contributed by atoms with van der Waals surface area (Å²) in [6, 6.07) is 12.5. The van der Waals surface area contributed by atoms with Gasteiger partial charge in [-0.3, -0.25) is 0 Å². The van der Waals surface area contributed by atoms with Crippen LogP contribution in [0.2, 0.25) is 0 Å². The van der Waals surface area contributed by atoms with Gasteiger partial charge >= 0.3 is 0 Å². The molecule has 0 spiro atoms. The number of rotatable bonds is 4. The fraction of sp³-hybridized carbons (Fsp3) is 0.133. The lowest BCUT2D eigenvalue weighted by atomic mass is 10.3. The van der Waals surface area contributed by atoms with E-state index >= 15 is 0 Å². The molecule has 1 aromatic carbocycles. The maximum atomic E-state index is 4.73. The van der Waals surface area contributed by atoms with Gasteiger partial charge in [0.05, 0.1) is 11.0 Å². The van der Waals surface area contributed by atoms with Crippen LogP contribution in [0.4, 0.5) is 0 Å². The molecule has 0 bridgehead atoms. The SMILES string of the molecule is C=CCn1c(Cc2cccs2)nc2ccccc21. The van der Waals surface area contributed by atoms with E-state index in [9.17, 15) is 0 Å². The molecule has 0 amide bonds. The normalized spacial score (nSPS) is 10.9. The number of nitrogens with zero attached hydrogens (tertiary/aromatic N) is 2. The zero-order valence-corrected chi connectivity index (χ0v) is 10.9.